The van der Waals surface area contributed by atoms with E-state index in [1.165, 1.54) is 16.8 Å². The van der Waals surface area contributed by atoms with Crippen LogP contribution in [0, 0.1) is 17.2 Å². The maximum Gasteiger partial charge on any atom is 0.351 e. The molecule has 6 rings (SSSR count). The van der Waals surface area contributed by atoms with Gasteiger partial charge in [0.1, 0.15) is 29.5 Å². The lowest BCUT2D eigenvalue weighted by Crippen LogP contribution is -2.70. The van der Waals surface area contributed by atoms with Gasteiger partial charge in [-0.05, 0) is 21.6 Å². The van der Waals surface area contributed by atoms with Crippen LogP contribution in [0.5, 0.6) is 0 Å². The van der Waals surface area contributed by atoms with E-state index in [1.807, 2.05) is 91.0 Å². The molecule has 3 N–H and O–H groups in total. The van der Waals surface area contributed by atoms with Crippen LogP contribution in [0.2, 0.25) is 0 Å². The number of nitriles is 1. The summed E-state index contributed by atoms with van der Waals surface area (Å²) < 4.78 is 14.4. The van der Waals surface area contributed by atoms with Crippen LogP contribution in [0.1, 0.15) is 6.23 Å². The van der Waals surface area contributed by atoms with Crippen molar-refractivity contribution < 1.29 is 14.3 Å². The highest BCUT2D eigenvalue weighted by Gasteiger charge is 2.79. The van der Waals surface area contributed by atoms with Gasteiger partial charge >= 0.3 is 5.69 Å². The zero-order chi connectivity index (χ0) is 25.6. The Bertz CT molecular complexity index is 1430. The highest BCUT2D eigenvalue weighted by atomic mass is 28.4. The van der Waals surface area contributed by atoms with Crippen LogP contribution >= 0.6 is 0 Å². The first-order chi connectivity index (χ1) is 18.0. The lowest BCUT2D eigenvalue weighted by molar-refractivity contribution is -0.0316. The summed E-state index contributed by atoms with van der Waals surface area (Å²) in [5.74, 6) is -0.971. The Kier molecular flexibility index (Phi) is 5.55. The number of aliphatic hydroxyl groups is 1. The summed E-state index contributed by atoms with van der Waals surface area (Å²) in [6, 6.07) is 33.6. The number of hydrogen-bond acceptors (Lipinski definition) is 7. The minimum absolute atomic E-state index is 0.0715. The first kappa shape index (κ1) is 23.3. The average Bonchev–Trinajstić information content (AvgIpc) is 3.35. The van der Waals surface area contributed by atoms with E-state index in [0.29, 0.717) is 0 Å². The van der Waals surface area contributed by atoms with E-state index in [0.717, 1.165) is 15.6 Å². The van der Waals surface area contributed by atoms with Crippen molar-refractivity contribution in [2.75, 3.05) is 5.73 Å². The first-order valence-electron chi connectivity index (χ1n) is 12.0. The van der Waals surface area contributed by atoms with Crippen molar-refractivity contribution in [1.29, 1.82) is 5.26 Å². The van der Waals surface area contributed by atoms with Gasteiger partial charge in [0, 0.05) is 6.20 Å². The minimum Gasteiger partial charge on any atom is -0.395 e. The molecule has 9 heteroatoms. The van der Waals surface area contributed by atoms with E-state index in [4.69, 9.17) is 14.9 Å². The fraction of sp³-hybridized carbons (Fsp3) is 0.179. The van der Waals surface area contributed by atoms with E-state index in [1.54, 1.807) is 0 Å². The topological polar surface area (TPSA) is 123 Å². The number of ether oxygens (including phenoxy) is 1. The number of aromatic nitrogens is 2. The van der Waals surface area contributed by atoms with Crippen molar-refractivity contribution in [1.82, 2.24) is 9.55 Å². The molecule has 0 amide bonds. The van der Waals surface area contributed by atoms with E-state index < -0.39 is 44.0 Å². The van der Waals surface area contributed by atoms with Gasteiger partial charge in [-0.25, -0.2) is 4.79 Å². The molecule has 4 aromatic rings. The molecule has 184 valence electrons. The number of hydrogen-bond donors (Lipinski definition) is 2. The molecule has 5 atom stereocenters. The van der Waals surface area contributed by atoms with Crippen molar-refractivity contribution in [2.45, 2.75) is 24.0 Å². The number of nitrogens with two attached hydrogens (primary N) is 1. The van der Waals surface area contributed by atoms with Crippen LogP contribution in [0.3, 0.4) is 0 Å². The monoisotopic (exact) mass is 508 g/mol. The molecule has 3 aromatic carbocycles. The summed E-state index contributed by atoms with van der Waals surface area (Å²) in [5, 5.41) is 24.9. The fourth-order valence-electron chi connectivity index (χ4n) is 5.40. The Morgan fingerprint density at radius 3 is 1.92 bits per heavy atom. The Morgan fingerprint density at radius 1 is 0.946 bits per heavy atom. The molecule has 2 aliphatic rings. The maximum absolute atomic E-state index is 12.5. The number of rotatable bonds is 6. The zero-order valence-corrected chi connectivity index (χ0v) is 20.7. The molecule has 0 bridgehead atoms. The molecular formula is C28H24N4O4Si. The van der Waals surface area contributed by atoms with Crippen LogP contribution in [0.4, 0.5) is 5.82 Å². The Morgan fingerprint density at radius 2 is 1.46 bits per heavy atom. The van der Waals surface area contributed by atoms with Crippen LogP contribution in [0.25, 0.3) is 0 Å². The normalized spacial score (nSPS) is 26.3. The van der Waals surface area contributed by atoms with Gasteiger partial charge in [-0.2, -0.15) is 10.2 Å². The molecule has 1 aliphatic heterocycles. The van der Waals surface area contributed by atoms with Crippen LogP contribution in [-0.2, 0) is 9.16 Å². The van der Waals surface area contributed by atoms with E-state index in [9.17, 15) is 15.2 Å². The molecule has 1 aliphatic carbocycles. The third kappa shape index (κ3) is 3.54. The zero-order valence-electron chi connectivity index (χ0n) is 19.7. The predicted octanol–water partition coefficient (Wildman–Crippen LogP) is 0.660. The number of anilines is 1. The second-order valence-corrected chi connectivity index (χ2v) is 12.6. The van der Waals surface area contributed by atoms with Gasteiger partial charge in [-0.3, -0.25) is 4.57 Å². The summed E-state index contributed by atoms with van der Waals surface area (Å²) >= 11 is 0. The summed E-state index contributed by atoms with van der Waals surface area (Å²) in [5.41, 5.74) is 3.39. The molecule has 37 heavy (non-hydrogen) atoms. The van der Waals surface area contributed by atoms with E-state index in [-0.39, 0.29) is 5.82 Å². The molecule has 0 spiro atoms. The summed E-state index contributed by atoms with van der Waals surface area (Å²) in [6.45, 7) is 0. The second-order valence-electron chi connectivity index (χ2n) is 9.30. The Hall–Kier alpha value is -4.07. The Labute approximate surface area is 214 Å². The molecule has 1 unspecified atom stereocenters. The quantitative estimate of drug-likeness (QED) is 0.290. The molecule has 2 fully saturated rings. The molecule has 1 saturated carbocycles. The third-order valence-corrected chi connectivity index (χ3v) is 11.3. The molecule has 0 radical (unpaired) electrons. The standard InChI is InChI=1S/C28H24N4O4Si/c29-18-22-26(32-17-16-23(30)31-27(32)33)35-24-25(28(22,24)34)36-37(19-10-4-1-5-11-19,20-12-6-2-7-13-20)21-14-8-3-9-15-21/h1-17,22,24-26,34H,(H2,30,31,33)/t22-,24-,25?,26-,28+/m1/s1. The van der Waals surface area contributed by atoms with Crippen molar-refractivity contribution in [3.05, 3.63) is 114 Å². The van der Waals surface area contributed by atoms with Crippen LogP contribution < -0.4 is 27.0 Å². The van der Waals surface area contributed by atoms with Crippen molar-refractivity contribution in [3.63, 3.8) is 0 Å². The number of nitrogen functional groups attached to an aromatic ring is 1. The van der Waals surface area contributed by atoms with Crippen molar-refractivity contribution in [2.24, 2.45) is 5.92 Å². The van der Waals surface area contributed by atoms with Gasteiger partial charge in [0.15, 0.2) is 6.23 Å². The molecule has 8 nitrogen and oxygen atoms in total. The smallest absolute Gasteiger partial charge is 0.351 e. The minimum atomic E-state index is -3.15. The largest absolute Gasteiger partial charge is 0.395 e. The molecule has 1 saturated heterocycles. The van der Waals surface area contributed by atoms with Crippen LogP contribution in [-0.4, -0.2) is 40.8 Å². The lowest BCUT2D eigenvalue weighted by atomic mass is 10.0. The van der Waals surface area contributed by atoms with Gasteiger partial charge in [0.25, 0.3) is 8.32 Å². The fourth-order valence-corrected chi connectivity index (χ4v) is 9.49. The third-order valence-electron chi connectivity index (χ3n) is 7.26. The summed E-state index contributed by atoms with van der Waals surface area (Å²) in [7, 11) is -3.15. The van der Waals surface area contributed by atoms with Gasteiger partial charge in [-0.15, -0.1) is 0 Å². The summed E-state index contributed by atoms with van der Waals surface area (Å²) in [6.07, 6.45) is -1.12. The summed E-state index contributed by atoms with van der Waals surface area (Å²) in [4.78, 5) is 16.2. The number of benzene rings is 3. The van der Waals surface area contributed by atoms with Crippen molar-refractivity contribution >= 4 is 29.7 Å². The van der Waals surface area contributed by atoms with Gasteiger partial charge in [0.05, 0.1) is 6.07 Å². The average molecular weight is 509 g/mol. The lowest BCUT2D eigenvalue weighted by Gasteiger charge is -2.35. The Balaban J connectivity index is 1.44. The maximum atomic E-state index is 12.5. The highest BCUT2D eigenvalue weighted by molar-refractivity contribution is 7.07. The first-order valence-corrected chi connectivity index (χ1v) is 13.9. The highest BCUT2D eigenvalue weighted by Crippen LogP contribution is 2.58. The SMILES string of the molecule is N#C[C@@H]1[C@H](n2ccc(N)nc2=O)O[C@@H]2C(O[Si](c3ccccc3)(c3ccccc3)c3ccccc3)[C@@]21O. The number of fused-ring (bicyclic) bond motifs is 1. The van der Waals surface area contributed by atoms with E-state index in [2.05, 4.69) is 11.1 Å². The predicted molar refractivity (Wildman–Crippen MR) is 140 cm³/mol. The van der Waals surface area contributed by atoms with Gasteiger partial charge < -0.3 is 20.0 Å². The van der Waals surface area contributed by atoms with Crippen molar-refractivity contribution in [3.8, 4) is 6.07 Å². The van der Waals surface area contributed by atoms with Gasteiger partial charge in [0.2, 0.25) is 0 Å². The number of nitrogens with zero attached hydrogens (tertiary/aromatic N) is 3. The molecular weight excluding hydrogens is 484 g/mol. The van der Waals surface area contributed by atoms with Crippen LogP contribution in [0.15, 0.2) is 108 Å². The second kappa shape index (κ2) is 8.79. The molecule has 1 aromatic heterocycles. The van der Waals surface area contributed by atoms with Gasteiger partial charge in [-0.1, -0.05) is 91.0 Å². The van der Waals surface area contributed by atoms with E-state index >= 15 is 0 Å². The molecule has 2 heterocycles.